The van der Waals surface area contributed by atoms with E-state index in [9.17, 15) is 34.4 Å². The molecule has 2 aromatic rings. The third-order valence-electron chi connectivity index (χ3n) is 5.37. The molecule has 0 saturated carbocycles. The van der Waals surface area contributed by atoms with Crippen molar-refractivity contribution in [1.29, 1.82) is 0 Å². The van der Waals surface area contributed by atoms with Gasteiger partial charge in [-0.1, -0.05) is 17.3 Å². The molecule has 1 aromatic carbocycles. The summed E-state index contributed by atoms with van der Waals surface area (Å²) in [6, 6.07) is 4.75. The second-order valence-corrected chi connectivity index (χ2v) is 9.83. The van der Waals surface area contributed by atoms with Gasteiger partial charge >= 0.3 is 0 Å². The molecule has 2 N–H and O–H groups in total. The molecule has 16 heteroatoms. The molecule has 37 heavy (non-hydrogen) atoms. The number of hydrogen-bond acceptors (Lipinski definition) is 12. The lowest BCUT2D eigenvalue weighted by molar-refractivity contribution is -0.384. The molecule has 3 heterocycles. The fourth-order valence-corrected chi connectivity index (χ4v) is 5.92. The molecule has 1 aromatic heterocycles. The molecule has 14 nitrogen and oxygen atoms in total. The van der Waals surface area contributed by atoms with Crippen LogP contribution in [0.25, 0.3) is 0 Å². The number of aliphatic carboxylic acids is 1. The highest BCUT2D eigenvalue weighted by Crippen LogP contribution is 2.41. The second-order valence-electron chi connectivity index (χ2n) is 7.61. The summed E-state index contributed by atoms with van der Waals surface area (Å²) < 4.78 is 0. The highest BCUT2D eigenvalue weighted by atomic mass is 32.2. The number of aromatic nitrogens is 1. The van der Waals surface area contributed by atoms with Crippen LogP contribution in [0.15, 0.2) is 46.6 Å². The van der Waals surface area contributed by atoms with E-state index in [1.54, 1.807) is 12.1 Å². The SMILES string of the molecule is CON=C(C(=O)NC1C(=O)N2C(C(=O)[O-])=CC(Cc3ccc([N+](=O)[O-])cc3)S[C@H]12)c1csc(NC=O)n1. The summed E-state index contributed by atoms with van der Waals surface area (Å²) in [5.41, 5.74) is 0.172. The van der Waals surface area contributed by atoms with Crippen molar-refractivity contribution < 1.29 is 34.0 Å². The number of oxime groups is 1. The van der Waals surface area contributed by atoms with Crippen LogP contribution in [0.4, 0.5) is 10.8 Å². The van der Waals surface area contributed by atoms with Crippen LogP contribution in [-0.4, -0.2) is 68.5 Å². The molecule has 4 rings (SSSR count). The molecule has 0 spiro atoms. The number of non-ortho nitro benzene ring substituents is 1. The molecular weight excluding hydrogens is 528 g/mol. The van der Waals surface area contributed by atoms with Gasteiger partial charge in [-0.25, -0.2) is 4.98 Å². The summed E-state index contributed by atoms with van der Waals surface area (Å²) in [5, 5.41) is 31.7. The number of amides is 3. The molecular formula is C21H17N6O8S2-. The quantitative estimate of drug-likeness (QED) is 0.130. The van der Waals surface area contributed by atoms with Crippen molar-refractivity contribution >= 4 is 63.8 Å². The van der Waals surface area contributed by atoms with Gasteiger partial charge in [0.25, 0.3) is 17.5 Å². The van der Waals surface area contributed by atoms with Crippen LogP contribution in [0.5, 0.6) is 0 Å². The number of thiazole rings is 1. The smallest absolute Gasteiger partial charge is 0.276 e. The van der Waals surface area contributed by atoms with Gasteiger partial charge in [0.1, 0.15) is 24.2 Å². The largest absolute Gasteiger partial charge is 0.543 e. The van der Waals surface area contributed by atoms with Gasteiger partial charge in [0.2, 0.25) is 6.41 Å². The number of rotatable bonds is 10. The number of nitrogens with zero attached hydrogens (tertiary/aromatic N) is 4. The fourth-order valence-electron chi connectivity index (χ4n) is 3.73. The van der Waals surface area contributed by atoms with Crippen molar-refractivity contribution in [3.05, 3.63) is 62.8 Å². The zero-order chi connectivity index (χ0) is 26.7. The van der Waals surface area contributed by atoms with Crippen LogP contribution in [0, 0.1) is 10.1 Å². The topological polar surface area (TPSA) is 196 Å². The average Bonchev–Trinajstić information content (AvgIpc) is 3.33. The number of β-lactam (4-membered cyclic amide) rings is 1. The van der Waals surface area contributed by atoms with E-state index in [1.807, 2.05) is 0 Å². The van der Waals surface area contributed by atoms with Gasteiger partial charge in [-0.15, -0.1) is 23.1 Å². The summed E-state index contributed by atoms with van der Waals surface area (Å²) in [4.78, 5) is 68.4. The van der Waals surface area contributed by atoms with Gasteiger partial charge in [0.15, 0.2) is 10.8 Å². The van der Waals surface area contributed by atoms with E-state index in [2.05, 4.69) is 20.8 Å². The Labute approximate surface area is 216 Å². The molecule has 0 bridgehead atoms. The molecule has 1 saturated heterocycles. The predicted molar refractivity (Wildman–Crippen MR) is 129 cm³/mol. The van der Waals surface area contributed by atoms with Crippen LogP contribution in [0.1, 0.15) is 11.3 Å². The van der Waals surface area contributed by atoms with Crippen molar-refractivity contribution in [3.8, 4) is 0 Å². The number of carboxylic acids is 1. The predicted octanol–water partition coefficient (Wildman–Crippen LogP) is -0.385. The summed E-state index contributed by atoms with van der Waals surface area (Å²) in [7, 11) is 1.22. The van der Waals surface area contributed by atoms with Gasteiger partial charge < -0.3 is 25.4 Å². The van der Waals surface area contributed by atoms with Crippen LogP contribution in [0.3, 0.4) is 0 Å². The van der Waals surface area contributed by atoms with Crippen LogP contribution in [-0.2, 0) is 30.4 Å². The number of benzene rings is 1. The minimum atomic E-state index is -1.54. The number of thioether (sulfide) groups is 1. The van der Waals surface area contributed by atoms with Gasteiger partial charge in [-0.2, -0.15) is 0 Å². The van der Waals surface area contributed by atoms with E-state index in [0.29, 0.717) is 12.8 Å². The number of carboxylic acid groups (broad SMARTS) is 1. The number of nitro benzene ring substituents is 1. The maximum atomic E-state index is 13.0. The molecule has 192 valence electrons. The molecule has 0 radical (unpaired) electrons. The number of fused-ring (bicyclic) bond motifs is 1. The molecule has 2 aliphatic heterocycles. The Morgan fingerprint density at radius 1 is 1.32 bits per heavy atom. The van der Waals surface area contributed by atoms with E-state index in [-0.39, 0.29) is 27.9 Å². The number of hydrogen-bond donors (Lipinski definition) is 2. The Hall–Kier alpha value is -4.31. The Morgan fingerprint density at radius 3 is 2.68 bits per heavy atom. The Kier molecular flexibility index (Phi) is 7.49. The summed E-state index contributed by atoms with van der Waals surface area (Å²) in [5.74, 6) is -2.98. The van der Waals surface area contributed by atoms with Crippen LogP contribution >= 0.6 is 23.1 Å². The molecule has 2 aliphatic rings. The number of nitro groups is 1. The minimum Gasteiger partial charge on any atom is -0.543 e. The van der Waals surface area contributed by atoms with E-state index in [1.165, 1.54) is 42.5 Å². The monoisotopic (exact) mass is 545 g/mol. The lowest BCUT2D eigenvalue weighted by atomic mass is 10.0. The summed E-state index contributed by atoms with van der Waals surface area (Å²) in [6.07, 6.45) is 2.14. The molecule has 3 amide bonds. The van der Waals surface area contributed by atoms with Crippen molar-refractivity contribution in [2.75, 3.05) is 12.4 Å². The lowest BCUT2D eigenvalue weighted by Gasteiger charge is -2.51. The maximum absolute atomic E-state index is 13.0. The average molecular weight is 546 g/mol. The van der Waals surface area contributed by atoms with Crippen molar-refractivity contribution in [3.63, 3.8) is 0 Å². The Balaban J connectivity index is 1.51. The summed E-state index contributed by atoms with van der Waals surface area (Å²) in [6.45, 7) is 0. The summed E-state index contributed by atoms with van der Waals surface area (Å²) >= 11 is 2.29. The highest BCUT2D eigenvalue weighted by molar-refractivity contribution is 8.00. The number of carbonyl (C=O) groups is 4. The van der Waals surface area contributed by atoms with Gasteiger partial charge in [-0.3, -0.25) is 29.4 Å². The van der Waals surface area contributed by atoms with Crippen LogP contribution in [0.2, 0.25) is 0 Å². The minimum absolute atomic E-state index is 0.0766. The van der Waals surface area contributed by atoms with E-state index in [4.69, 9.17) is 4.84 Å². The van der Waals surface area contributed by atoms with Gasteiger partial charge in [0, 0.05) is 22.8 Å². The first-order valence-electron chi connectivity index (χ1n) is 10.5. The maximum Gasteiger partial charge on any atom is 0.276 e. The number of nitrogens with one attached hydrogen (secondary N) is 2. The second kappa shape index (κ2) is 10.8. The Bertz CT molecular complexity index is 1320. The van der Waals surface area contributed by atoms with Gasteiger partial charge in [0.05, 0.1) is 16.6 Å². The zero-order valence-corrected chi connectivity index (χ0v) is 20.5. The molecule has 1 fully saturated rings. The standard InChI is InChI=1S/C21H18N6O8S2/c1-35-25-15(13-8-36-21(23-13)22-9-28)17(29)24-16-18(30)26-14(20(31)32)7-12(37-19(16)26)6-10-2-4-11(5-3-10)27(33)34/h2-5,7-9,12,16,19H,6H2,1H3,(H,24,29)(H,31,32)(H,22,23,28)/p-1/t12?,16?,19-/m1/s1. The highest BCUT2D eigenvalue weighted by Gasteiger charge is 2.53. The normalized spacial score (nSPS) is 20.7. The van der Waals surface area contributed by atoms with E-state index < -0.39 is 39.4 Å². The van der Waals surface area contributed by atoms with Gasteiger partial charge in [-0.05, 0) is 18.1 Å². The third-order valence-corrected chi connectivity index (χ3v) is 7.55. The molecule has 3 atom stereocenters. The first-order valence-corrected chi connectivity index (χ1v) is 12.3. The van der Waals surface area contributed by atoms with Crippen molar-refractivity contribution in [2.45, 2.75) is 23.1 Å². The Morgan fingerprint density at radius 2 is 2.05 bits per heavy atom. The fraction of sp³-hybridized carbons (Fsp3) is 0.238. The third kappa shape index (κ3) is 5.29. The zero-order valence-electron chi connectivity index (χ0n) is 18.9. The van der Waals surface area contributed by atoms with E-state index >= 15 is 0 Å². The lowest BCUT2D eigenvalue weighted by Crippen LogP contribution is -2.71. The number of anilines is 1. The first kappa shape index (κ1) is 25.8. The van der Waals surface area contributed by atoms with Crippen LogP contribution < -0.4 is 15.7 Å². The first-order chi connectivity index (χ1) is 17.7. The molecule has 0 aliphatic carbocycles. The van der Waals surface area contributed by atoms with E-state index in [0.717, 1.165) is 21.8 Å². The van der Waals surface area contributed by atoms with Crippen molar-refractivity contribution in [2.24, 2.45) is 5.16 Å². The van der Waals surface area contributed by atoms with Crippen molar-refractivity contribution in [1.82, 2.24) is 15.2 Å². The molecule has 2 unspecified atom stereocenters. The number of carbonyl (C=O) groups excluding carboxylic acids is 4.